The maximum absolute atomic E-state index is 12.2. The van der Waals surface area contributed by atoms with Gasteiger partial charge in [0.1, 0.15) is 11.4 Å². The van der Waals surface area contributed by atoms with Crippen molar-refractivity contribution in [2.45, 2.75) is 13.8 Å². The van der Waals surface area contributed by atoms with Crippen LogP contribution in [0.15, 0.2) is 53.5 Å². The van der Waals surface area contributed by atoms with E-state index in [2.05, 4.69) is 4.98 Å². The fourth-order valence-corrected chi connectivity index (χ4v) is 2.21. The van der Waals surface area contributed by atoms with Crippen molar-refractivity contribution in [3.05, 3.63) is 64.6 Å². The van der Waals surface area contributed by atoms with Crippen LogP contribution in [0.3, 0.4) is 0 Å². The monoisotopic (exact) mass is 280 g/mol. The Balaban J connectivity index is 2.16. The van der Waals surface area contributed by atoms with Crippen LogP contribution >= 0.6 is 0 Å². The Kier molecular flexibility index (Phi) is 3.44. The lowest BCUT2D eigenvalue weighted by molar-refractivity contribution is 0.340. The number of hydrogen-bond acceptors (Lipinski definition) is 3. The minimum atomic E-state index is -0.0985. The van der Waals surface area contributed by atoms with Crippen molar-refractivity contribution >= 4 is 5.65 Å². The van der Waals surface area contributed by atoms with E-state index >= 15 is 0 Å². The van der Waals surface area contributed by atoms with E-state index in [1.54, 1.807) is 24.4 Å². The Morgan fingerprint density at radius 1 is 1.14 bits per heavy atom. The maximum Gasteiger partial charge on any atom is 0.258 e. The summed E-state index contributed by atoms with van der Waals surface area (Å²) in [5.41, 5.74) is 3.27. The lowest BCUT2D eigenvalue weighted by Crippen LogP contribution is -2.14. The first-order valence-electron chi connectivity index (χ1n) is 6.90. The Morgan fingerprint density at radius 2 is 1.90 bits per heavy atom. The van der Waals surface area contributed by atoms with E-state index in [1.807, 2.05) is 38.1 Å². The van der Waals surface area contributed by atoms with E-state index in [9.17, 15) is 4.79 Å². The molecule has 3 aromatic rings. The smallest absolute Gasteiger partial charge is 0.258 e. The number of hydrogen-bond donors (Lipinski definition) is 0. The maximum atomic E-state index is 12.2. The molecule has 4 heteroatoms. The van der Waals surface area contributed by atoms with Gasteiger partial charge < -0.3 is 4.74 Å². The summed E-state index contributed by atoms with van der Waals surface area (Å²) in [6.07, 6.45) is 1.69. The predicted molar refractivity (Wildman–Crippen MR) is 82.8 cm³/mol. The normalized spacial score (nSPS) is 10.8. The van der Waals surface area contributed by atoms with Crippen LogP contribution in [0.25, 0.3) is 16.9 Å². The van der Waals surface area contributed by atoms with Gasteiger partial charge in [-0.15, -0.1) is 0 Å². The van der Waals surface area contributed by atoms with Crippen molar-refractivity contribution in [3.63, 3.8) is 0 Å². The van der Waals surface area contributed by atoms with E-state index in [0.29, 0.717) is 23.7 Å². The van der Waals surface area contributed by atoms with Gasteiger partial charge >= 0.3 is 0 Å². The summed E-state index contributed by atoms with van der Waals surface area (Å²) in [5, 5.41) is 0. The fourth-order valence-electron chi connectivity index (χ4n) is 2.21. The molecule has 21 heavy (non-hydrogen) atoms. The zero-order valence-corrected chi connectivity index (χ0v) is 12.0. The van der Waals surface area contributed by atoms with E-state index in [1.165, 1.54) is 9.96 Å². The Hall–Kier alpha value is -2.62. The third kappa shape index (κ3) is 2.65. The number of fused-ring (bicyclic) bond motifs is 1. The standard InChI is InChI=1S/C17H16N2O2/c1-3-21-14-8-9-19-16(10-14)18-15(11-17(19)20)13-6-4-12(2)5-7-13/h4-11H,3H2,1-2H3. The number of rotatable bonds is 3. The number of benzene rings is 1. The third-order valence-electron chi connectivity index (χ3n) is 3.30. The first-order valence-corrected chi connectivity index (χ1v) is 6.90. The van der Waals surface area contributed by atoms with Gasteiger partial charge in [0, 0.05) is 23.9 Å². The van der Waals surface area contributed by atoms with Crippen LogP contribution in [0.2, 0.25) is 0 Å². The number of aromatic nitrogens is 2. The van der Waals surface area contributed by atoms with E-state index in [0.717, 1.165) is 5.56 Å². The highest BCUT2D eigenvalue weighted by molar-refractivity contribution is 5.62. The van der Waals surface area contributed by atoms with Crippen molar-refractivity contribution in [3.8, 4) is 17.0 Å². The molecule has 2 heterocycles. The van der Waals surface area contributed by atoms with Gasteiger partial charge in [-0.25, -0.2) is 4.98 Å². The van der Waals surface area contributed by atoms with E-state index < -0.39 is 0 Å². The van der Waals surface area contributed by atoms with Crippen LogP contribution < -0.4 is 10.3 Å². The second kappa shape index (κ2) is 5.40. The molecule has 0 aliphatic carbocycles. The highest BCUT2D eigenvalue weighted by atomic mass is 16.5. The van der Waals surface area contributed by atoms with Gasteiger partial charge in [0.2, 0.25) is 0 Å². The van der Waals surface area contributed by atoms with Crippen molar-refractivity contribution in [2.75, 3.05) is 6.61 Å². The van der Waals surface area contributed by atoms with Gasteiger partial charge in [0.15, 0.2) is 0 Å². The lowest BCUT2D eigenvalue weighted by Gasteiger charge is -2.07. The largest absolute Gasteiger partial charge is 0.494 e. The van der Waals surface area contributed by atoms with E-state index in [4.69, 9.17) is 4.74 Å². The quantitative estimate of drug-likeness (QED) is 0.740. The lowest BCUT2D eigenvalue weighted by atomic mass is 10.1. The third-order valence-corrected chi connectivity index (χ3v) is 3.30. The van der Waals surface area contributed by atoms with Gasteiger partial charge in [0.25, 0.3) is 5.56 Å². The van der Waals surface area contributed by atoms with E-state index in [-0.39, 0.29) is 5.56 Å². The molecule has 0 amide bonds. The molecule has 2 aromatic heterocycles. The highest BCUT2D eigenvalue weighted by Crippen LogP contribution is 2.18. The molecule has 106 valence electrons. The zero-order valence-electron chi connectivity index (χ0n) is 12.0. The molecule has 0 saturated heterocycles. The molecule has 0 atom stereocenters. The van der Waals surface area contributed by atoms with Crippen molar-refractivity contribution in [2.24, 2.45) is 0 Å². The molecule has 0 aliphatic rings. The SMILES string of the molecule is CCOc1ccn2c(=O)cc(-c3ccc(C)cc3)nc2c1. The number of aryl methyl sites for hydroxylation is 1. The summed E-state index contributed by atoms with van der Waals surface area (Å²) in [6, 6.07) is 13.1. The summed E-state index contributed by atoms with van der Waals surface area (Å²) in [6.45, 7) is 4.53. The molecule has 0 unspecified atom stereocenters. The van der Waals surface area contributed by atoms with Gasteiger partial charge in [-0.3, -0.25) is 9.20 Å². The molecular formula is C17H16N2O2. The Bertz CT molecular complexity index is 836. The predicted octanol–water partition coefficient (Wildman–Crippen LogP) is 3.07. The highest BCUT2D eigenvalue weighted by Gasteiger charge is 2.06. The first-order chi connectivity index (χ1) is 10.2. The van der Waals surface area contributed by atoms with Crippen LogP contribution in [-0.4, -0.2) is 16.0 Å². The molecule has 4 nitrogen and oxygen atoms in total. The summed E-state index contributed by atoms with van der Waals surface area (Å²) in [4.78, 5) is 16.8. The molecule has 0 N–H and O–H groups in total. The molecule has 1 aromatic carbocycles. The fraction of sp³-hybridized carbons (Fsp3) is 0.176. The molecule has 0 fully saturated rings. The summed E-state index contributed by atoms with van der Waals surface area (Å²) in [7, 11) is 0. The van der Waals surface area contributed by atoms with Crippen molar-refractivity contribution < 1.29 is 4.74 Å². The molecule has 0 saturated carbocycles. The average molecular weight is 280 g/mol. The zero-order chi connectivity index (χ0) is 14.8. The molecule has 0 radical (unpaired) electrons. The topological polar surface area (TPSA) is 43.6 Å². The molecule has 3 rings (SSSR count). The molecule has 0 spiro atoms. The number of nitrogens with zero attached hydrogens (tertiary/aromatic N) is 2. The summed E-state index contributed by atoms with van der Waals surface area (Å²) < 4.78 is 6.97. The van der Waals surface area contributed by atoms with Crippen LogP contribution in [0.1, 0.15) is 12.5 Å². The average Bonchev–Trinajstić information content (AvgIpc) is 2.48. The first kappa shape index (κ1) is 13.4. The summed E-state index contributed by atoms with van der Waals surface area (Å²) in [5.74, 6) is 0.713. The van der Waals surface area contributed by atoms with Crippen LogP contribution in [0, 0.1) is 6.92 Å². The minimum absolute atomic E-state index is 0.0985. The Labute approximate surface area is 122 Å². The van der Waals surface area contributed by atoms with Crippen molar-refractivity contribution in [1.29, 1.82) is 0 Å². The Morgan fingerprint density at radius 3 is 2.62 bits per heavy atom. The molecule has 0 bridgehead atoms. The number of ether oxygens (including phenoxy) is 1. The summed E-state index contributed by atoms with van der Waals surface area (Å²) >= 11 is 0. The second-order valence-electron chi connectivity index (χ2n) is 4.87. The van der Waals surface area contributed by atoms with Crippen LogP contribution in [0.4, 0.5) is 0 Å². The van der Waals surface area contributed by atoms with Crippen molar-refractivity contribution in [1.82, 2.24) is 9.38 Å². The van der Waals surface area contributed by atoms with Crippen LogP contribution in [0.5, 0.6) is 5.75 Å². The van der Waals surface area contributed by atoms with Gasteiger partial charge in [-0.05, 0) is 19.9 Å². The molecule has 0 aliphatic heterocycles. The molecular weight excluding hydrogens is 264 g/mol. The van der Waals surface area contributed by atoms with Gasteiger partial charge in [0.05, 0.1) is 12.3 Å². The van der Waals surface area contributed by atoms with Gasteiger partial charge in [-0.1, -0.05) is 29.8 Å². The minimum Gasteiger partial charge on any atom is -0.494 e. The van der Waals surface area contributed by atoms with Crippen LogP contribution in [-0.2, 0) is 0 Å². The van der Waals surface area contributed by atoms with Gasteiger partial charge in [-0.2, -0.15) is 0 Å². The number of pyridine rings is 1. The second-order valence-corrected chi connectivity index (χ2v) is 4.87.